The predicted molar refractivity (Wildman–Crippen MR) is 86.2 cm³/mol. The number of anilines is 2. The smallest absolute Gasteiger partial charge is 0.161 e. The first kappa shape index (κ1) is 15.3. The van der Waals surface area contributed by atoms with E-state index in [4.69, 9.17) is 15.9 Å². The zero-order valence-corrected chi connectivity index (χ0v) is 13.2. The van der Waals surface area contributed by atoms with E-state index in [1.54, 1.807) is 31.2 Å². The van der Waals surface area contributed by atoms with Crippen molar-refractivity contribution in [2.45, 2.75) is 0 Å². The molecule has 2 aromatic rings. The second-order valence-electron chi connectivity index (χ2n) is 4.43. The average Bonchev–Trinajstić information content (AvgIpc) is 2.49. The van der Waals surface area contributed by atoms with Gasteiger partial charge in [0.25, 0.3) is 0 Å². The number of nitrogen functional groups attached to an aromatic ring is 1. The number of nitrogens with zero attached hydrogens (tertiary/aromatic N) is 1. The molecule has 0 aliphatic carbocycles. The fraction of sp³-hybridized carbons (Fsp3) is 0.133. The Hall–Kier alpha value is -2.08. The zero-order valence-electron chi connectivity index (χ0n) is 11.7. The second kappa shape index (κ2) is 6.13. The molecule has 6 heteroatoms. The maximum absolute atomic E-state index is 14.5. The van der Waals surface area contributed by atoms with E-state index in [1.165, 1.54) is 0 Å². The summed E-state index contributed by atoms with van der Waals surface area (Å²) in [5.74, 6) is 0.0450. The standard InChI is InChI=1S/C15H15BrFN3O/c1-20(9-4-3-5-10(8-9)21-2)12-7-6-11(15(18)19)13(16)14(12)17/h3-8H,1-2H3,(H3,18,19). The quantitative estimate of drug-likeness (QED) is 0.652. The lowest BCUT2D eigenvalue weighted by atomic mass is 10.1. The monoisotopic (exact) mass is 351 g/mol. The number of hydrogen-bond donors (Lipinski definition) is 2. The first-order valence-electron chi connectivity index (χ1n) is 6.16. The van der Waals surface area contributed by atoms with Crippen LogP contribution in [0.4, 0.5) is 15.8 Å². The van der Waals surface area contributed by atoms with Gasteiger partial charge in [-0.1, -0.05) is 6.07 Å². The Bertz CT molecular complexity index is 691. The summed E-state index contributed by atoms with van der Waals surface area (Å²) in [5, 5.41) is 7.42. The van der Waals surface area contributed by atoms with Gasteiger partial charge in [-0.25, -0.2) is 4.39 Å². The molecule has 0 atom stereocenters. The van der Waals surface area contributed by atoms with E-state index in [1.807, 2.05) is 24.3 Å². The first-order valence-corrected chi connectivity index (χ1v) is 6.95. The van der Waals surface area contributed by atoms with Gasteiger partial charge in [-0.3, -0.25) is 5.41 Å². The highest BCUT2D eigenvalue weighted by Crippen LogP contribution is 2.33. The highest BCUT2D eigenvalue weighted by atomic mass is 79.9. The van der Waals surface area contributed by atoms with Gasteiger partial charge in [-0.15, -0.1) is 0 Å². The molecule has 0 fully saturated rings. The van der Waals surface area contributed by atoms with Gasteiger partial charge in [0.05, 0.1) is 17.3 Å². The molecule has 0 spiro atoms. The summed E-state index contributed by atoms with van der Waals surface area (Å²) >= 11 is 3.15. The third kappa shape index (κ3) is 3.00. The van der Waals surface area contributed by atoms with E-state index >= 15 is 0 Å². The molecule has 0 aliphatic rings. The summed E-state index contributed by atoms with van der Waals surface area (Å²) in [6.45, 7) is 0. The van der Waals surface area contributed by atoms with Crippen LogP contribution in [0.5, 0.6) is 5.75 Å². The fourth-order valence-electron chi connectivity index (χ4n) is 1.96. The summed E-state index contributed by atoms with van der Waals surface area (Å²) in [7, 11) is 3.34. The van der Waals surface area contributed by atoms with Crippen LogP contribution in [0.15, 0.2) is 40.9 Å². The van der Waals surface area contributed by atoms with Crippen molar-refractivity contribution in [1.29, 1.82) is 5.41 Å². The first-order chi connectivity index (χ1) is 9.95. The number of rotatable bonds is 4. The number of methoxy groups -OCH3 is 1. The van der Waals surface area contributed by atoms with Crippen LogP contribution in [-0.4, -0.2) is 20.0 Å². The summed E-state index contributed by atoms with van der Waals surface area (Å²) in [6.07, 6.45) is 0. The molecule has 0 radical (unpaired) electrons. The molecule has 0 aliphatic heterocycles. The summed E-state index contributed by atoms with van der Waals surface area (Å²) in [6, 6.07) is 10.5. The average molecular weight is 352 g/mol. The van der Waals surface area contributed by atoms with Crippen molar-refractivity contribution in [3.8, 4) is 5.75 Å². The Labute approximate surface area is 131 Å². The molecule has 0 heterocycles. The lowest BCUT2D eigenvalue weighted by Crippen LogP contribution is -2.16. The fourth-order valence-corrected chi connectivity index (χ4v) is 2.51. The van der Waals surface area contributed by atoms with Gasteiger partial charge in [0.15, 0.2) is 5.82 Å². The van der Waals surface area contributed by atoms with Gasteiger partial charge in [0, 0.05) is 24.4 Å². The van der Waals surface area contributed by atoms with Gasteiger partial charge in [0.2, 0.25) is 0 Å². The highest BCUT2D eigenvalue weighted by Gasteiger charge is 2.16. The molecule has 0 bridgehead atoms. The van der Waals surface area contributed by atoms with Crippen molar-refractivity contribution in [1.82, 2.24) is 0 Å². The Balaban J connectivity index is 2.46. The summed E-state index contributed by atoms with van der Waals surface area (Å²) in [4.78, 5) is 1.70. The number of hydrogen-bond acceptors (Lipinski definition) is 3. The third-order valence-electron chi connectivity index (χ3n) is 3.15. The Morgan fingerprint density at radius 3 is 2.67 bits per heavy atom. The number of benzene rings is 2. The number of nitrogens with one attached hydrogen (secondary N) is 1. The molecule has 4 nitrogen and oxygen atoms in total. The number of halogens is 2. The lowest BCUT2D eigenvalue weighted by molar-refractivity contribution is 0.415. The van der Waals surface area contributed by atoms with Crippen LogP contribution < -0.4 is 15.4 Å². The number of nitrogens with two attached hydrogens (primary N) is 1. The van der Waals surface area contributed by atoms with Crippen LogP contribution in [0.25, 0.3) is 0 Å². The van der Waals surface area contributed by atoms with Crippen molar-refractivity contribution in [2.75, 3.05) is 19.1 Å². The van der Waals surface area contributed by atoms with Crippen LogP contribution in [0, 0.1) is 11.2 Å². The molecular formula is C15H15BrFN3O. The molecular weight excluding hydrogens is 337 g/mol. The lowest BCUT2D eigenvalue weighted by Gasteiger charge is -2.22. The molecule has 2 aromatic carbocycles. The number of ether oxygens (including phenoxy) is 1. The number of amidine groups is 1. The van der Waals surface area contributed by atoms with Crippen molar-refractivity contribution in [2.24, 2.45) is 5.73 Å². The van der Waals surface area contributed by atoms with E-state index in [9.17, 15) is 4.39 Å². The Morgan fingerprint density at radius 2 is 2.05 bits per heavy atom. The van der Waals surface area contributed by atoms with Gasteiger partial charge in [-0.05, 0) is 40.2 Å². The minimum absolute atomic E-state index is 0.183. The molecule has 0 saturated carbocycles. The minimum Gasteiger partial charge on any atom is -0.497 e. The third-order valence-corrected chi connectivity index (χ3v) is 3.93. The Morgan fingerprint density at radius 1 is 1.33 bits per heavy atom. The molecule has 0 amide bonds. The topological polar surface area (TPSA) is 62.3 Å². The van der Waals surface area contributed by atoms with Crippen molar-refractivity contribution >= 4 is 33.1 Å². The van der Waals surface area contributed by atoms with E-state index in [2.05, 4.69) is 15.9 Å². The van der Waals surface area contributed by atoms with Crippen LogP contribution in [0.1, 0.15) is 5.56 Å². The zero-order chi connectivity index (χ0) is 15.6. The van der Waals surface area contributed by atoms with Gasteiger partial charge < -0.3 is 15.4 Å². The van der Waals surface area contributed by atoms with Crippen LogP contribution in [-0.2, 0) is 0 Å². The minimum atomic E-state index is -0.465. The van der Waals surface area contributed by atoms with Crippen LogP contribution in [0.2, 0.25) is 0 Å². The van der Waals surface area contributed by atoms with Gasteiger partial charge in [0.1, 0.15) is 11.6 Å². The summed E-state index contributed by atoms with van der Waals surface area (Å²) < 4.78 is 19.8. The summed E-state index contributed by atoms with van der Waals surface area (Å²) in [5.41, 5.74) is 6.91. The molecule has 0 unspecified atom stereocenters. The maximum Gasteiger partial charge on any atom is 0.161 e. The van der Waals surface area contributed by atoms with Gasteiger partial charge >= 0.3 is 0 Å². The second-order valence-corrected chi connectivity index (χ2v) is 5.23. The van der Waals surface area contributed by atoms with E-state index in [-0.39, 0.29) is 10.3 Å². The maximum atomic E-state index is 14.5. The van der Waals surface area contributed by atoms with E-state index in [0.29, 0.717) is 17.0 Å². The van der Waals surface area contributed by atoms with Crippen molar-refractivity contribution < 1.29 is 9.13 Å². The Kier molecular flexibility index (Phi) is 4.47. The molecule has 2 rings (SSSR count). The van der Waals surface area contributed by atoms with Crippen molar-refractivity contribution in [3.05, 3.63) is 52.3 Å². The molecule has 0 aromatic heterocycles. The van der Waals surface area contributed by atoms with Crippen LogP contribution >= 0.6 is 15.9 Å². The largest absolute Gasteiger partial charge is 0.497 e. The van der Waals surface area contributed by atoms with Gasteiger partial charge in [-0.2, -0.15) is 0 Å². The molecule has 21 heavy (non-hydrogen) atoms. The van der Waals surface area contributed by atoms with E-state index < -0.39 is 5.82 Å². The SMILES string of the molecule is COc1cccc(N(C)c2ccc(C(=N)N)c(Br)c2F)c1. The van der Waals surface area contributed by atoms with Crippen molar-refractivity contribution in [3.63, 3.8) is 0 Å². The molecule has 3 N–H and O–H groups in total. The predicted octanol–water partition coefficient (Wildman–Crippen LogP) is 3.65. The highest BCUT2D eigenvalue weighted by molar-refractivity contribution is 9.10. The molecule has 0 saturated heterocycles. The van der Waals surface area contributed by atoms with E-state index in [0.717, 1.165) is 5.69 Å². The molecule has 110 valence electrons. The van der Waals surface area contributed by atoms with Crippen LogP contribution in [0.3, 0.4) is 0 Å². The normalized spacial score (nSPS) is 10.3.